The van der Waals surface area contributed by atoms with E-state index in [2.05, 4.69) is 31.8 Å². The Morgan fingerprint density at radius 3 is 2.48 bits per heavy atom. The number of likely N-dealkylation sites (tertiary alicyclic amines) is 1. The molecule has 0 amide bonds. The summed E-state index contributed by atoms with van der Waals surface area (Å²) in [5.74, 6) is 1.86. The average molecular weight is 287 g/mol. The number of aryl methyl sites for hydroxylation is 1. The summed E-state index contributed by atoms with van der Waals surface area (Å²) in [5, 5.41) is 8.30. The predicted octanol–water partition coefficient (Wildman–Crippen LogP) is 1.59. The average Bonchev–Trinajstić information content (AvgIpc) is 3.00. The van der Waals surface area contributed by atoms with Gasteiger partial charge in [0.2, 0.25) is 0 Å². The van der Waals surface area contributed by atoms with Crippen LogP contribution in [0.2, 0.25) is 0 Å². The van der Waals surface area contributed by atoms with E-state index in [1.807, 2.05) is 13.0 Å². The van der Waals surface area contributed by atoms with E-state index in [1.165, 1.54) is 12.8 Å². The molecule has 0 radical (unpaired) electrons. The van der Waals surface area contributed by atoms with Crippen LogP contribution in [-0.4, -0.2) is 66.4 Å². The quantitative estimate of drug-likeness (QED) is 0.677. The van der Waals surface area contributed by atoms with Gasteiger partial charge >= 0.3 is 0 Å². The first-order valence-corrected chi connectivity index (χ1v) is 7.96. The van der Waals surface area contributed by atoms with E-state index in [0.717, 1.165) is 63.2 Å². The highest BCUT2D eigenvalue weighted by molar-refractivity contribution is 5.81. The number of piperazine rings is 1. The first-order valence-electron chi connectivity index (χ1n) is 7.96. The molecule has 5 heteroatoms. The van der Waals surface area contributed by atoms with Crippen molar-refractivity contribution in [2.75, 3.05) is 50.7 Å². The summed E-state index contributed by atoms with van der Waals surface area (Å²) in [6.07, 6.45) is 2.58. The third kappa shape index (κ3) is 3.53. The van der Waals surface area contributed by atoms with E-state index in [9.17, 15) is 0 Å². The fourth-order valence-electron chi connectivity index (χ4n) is 3.16. The first kappa shape index (κ1) is 14.3. The zero-order valence-corrected chi connectivity index (χ0v) is 12.9. The molecule has 1 aromatic rings. The van der Waals surface area contributed by atoms with Gasteiger partial charge in [0.05, 0.1) is 6.54 Å². The first-order chi connectivity index (χ1) is 10.2. The van der Waals surface area contributed by atoms with Crippen molar-refractivity contribution in [2.45, 2.75) is 19.8 Å². The van der Waals surface area contributed by atoms with Gasteiger partial charge in [-0.3, -0.25) is 10.3 Å². The molecule has 0 bridgehead atoms. The summed E-state index contributed by atoms with van der Waals surface area (Å²) >= 11 is 0. The number of hydrogen-bond donors (Lipinski definition) is 1. The number of nitrogens with zero attached hydrogens (tertiary/aromatic N) is 4. The molecule has 2 saturated heterocycles. The predicted molar refractivity (Wildman–Crippen MR) is 86.2 cm³/mol. The molecule has 0 spiro atoms. The van der Waals surface area contributed by atoms with Crippen molar-refractivity contribution in [3.05, 3.63) is 23.9 Å². The third-order valence-corrected chi connectivity index (χ3v) is 4.43. The summed E-state index contributed by atoms with van der Waals surface area (Å²) in [7, 11) is 0. The van der Waals surface area contributed by atoms with Crippen LogP contribution >= 0.6 is 0 Å². The smallest absolute Gasteiger partial charge is 0.128 e. The summed E-state index contributed by atoms with van der Waals surface area (Å²) in [5.41, 5.74) is 1.07. The Morgan fingerprint density at radius 1 is 1.10 bits per heavy atom. The largest absolute Gasteiger partial charge is 0.356 e. The van der Waals surface area contributed by atoms with Crippen LogP contribution in [-0.2, 0) is 0 Å². The van der Waals surface area contributed by atoms with Crippen molar-refractivity contribution in [3.8, 4) is 0 Å². The molecule has 5 nitrogen and oxygen atoms in total. The van der Waals surface area contributed by atoms with E-state index in [4.69, 9.17) is 5.41 Å². The molecule has 0 unspecified atom stereocenters. The van der Waals surface area contributed by atoms with Gasteiger partial charge in [0.15, 0.2) is 0 Å². The van der Waals surface area contributed by atoms with E-state index in [1.54, 1.807) is 0 Å². The standard InChI is InChI=1S/C16H25N5/c1-14-5-4-6-16(18-14)21-11-9-20(10-12-21)15(17)13-19-7-2-3-8-19/h4-6,17H,2-3,7-13H2,1H3. The minimum absolute atomic E-state index is 0.786. The van der Waals surface area contributed by atoms with Crippen molar-refractivity contribution in [1.82, 2.24) is 14.8 Å². The Balaban J connectivity index is 1.51. The van der Waals surface area contributed by atoms with Crippen LogP contribution in [0.4, 0.5) is 5.82 Å². The number of anilines is 1. The molecule has 2 aliphatic rings. The minimum atomic E-state index is 0.786. The number of amidine groups is 1. The van der Waals surface area contributed by atoms with Crippen molar-refractivity contribution in [1.29, 1.82) is 5.41 Å². The highest BCUT2D eigenvalue weighted by Crippen LogP contribution is 2.15. The lowest BCUT2D eigenvalue weighted by atomic mass is 10.2. The van der Waals surface area contributed by atoms with Crippen LogP contribution in [0.15, 0.2) is 18.2 Å². The Kier molecular flexibility index (Phi) is 4.39. The number of pyridine rings is 1. The molecule has 0 aromatic carbocycles. The SMILES string of the molecule is Cc1cccc(N2CCN(C(=N)CN3CCCC3)CC2)n1. The second-order valence-corrected chi connectivity index (χ2v) is 6.04. The normalized spacial score (nSPS) is 20.0. The van der Waals surface area contributed by atoms with E-state index >= 15 is 0 Å². The highest BCUT2D eigenvalue weighted by Gasteiger charge is 2.22. The fourth-order valence-corrected chi connectivity index (χ4v) is 3.16. The lowest BCUT2D eigenvalue weighted by Gasteiger charge is -2.37. The Labute approximate surface area is 127 Å². The van der Waals surface area contributed by atoms with Crippen LogP contribution in [0.3, 0.4) is 0 Å². The second kappa shape index (κ2) is 6.43. The molecule has 3 rings (SSSR count). The van der Waals surface area contributed by atoms with Crippen molar-refractivity contribution >= 4 is 11.7 Å². The van der Waals surface area contributed by atoms with Gasteiger partial charge in [-0.05, 0) is 45.0 Å². The number of nitrogens with one attached hydrogen (secondary N) is 1. The Hall–Kier alpha value is -1.62. The minimum Gasteiger partial charge on any atom is -0.356 e. The van der Waals surface area contributed by atoms with Gasteiger partial charge in [0.25, 0.3) is 0 Å². The van der Waals surface area contributed by atoms with Gasteiger partial charge in [-0.15, -0.1) is 0 Å². The summed E-state index contributed by atoms with van der Waals surface area (Å²) in [6.45, 7) is 8.96. The molecule has 1 N–H and O–H groups in total. The van der Waals surface area contributed by atoms with Crippen LogP contribution in [0.5, 0.6) is 0 Å². The molecule has 3 heterocycles. The lowest BCUT2D eigenvalue weighted by molar-refractivity contribution is 0.333. The van der Waals surface area contributed by atoms with Crippen molar-refractivity contribution < 1.29 is 0 Å². The number of hydrogen-bond acceptors (Lipinski definition) is 4. The molecule has 0 aliphatic carbocycles. The number of rotatable bonds is 3. The molecular formula is C16H25N5. The zero-order valence-electron chi connectivity index (χ0n) is 12.9. The summed E-state index contributed by atoms with van der Waals surface area (Å²) < 4.78 is 0. The van der Waals surface area contributed by atoms with Gasteiger partial charge in [0.1, 0.15) is 11.7 Å². The summed E-state index contributed by atoms with van der Waals surface area (Å²) in [4.78, 5) is 11.5. The third-order valence-electron chi connectivity index (χ3n) is 4.43. The van der Waals surface area contributed by atoms with E-state index in [0.29, 0.717) is 0 Å². The van der Waals surface area contributed by atoms with Crippen LogP contribution in [0.1, 0.15) is 18.5 Å². The van der Waals surface area contributed by atoms with Crippen LogP contribution < -0.4 is 4.90 Å². The number of aromatic nitrogens is 1. The molecule has 1 aromatic heterocycles. The second-order valence-electron chi connectivity index (χ2n) is 6.04. The van der Waals surface area contributed by atoms with Gasteiger partial charge in [0, 0.05) is 31.9 Å². The molecule has 21 heavy (non-hydrogen) atoms. The highest BCUT2D eigenvalue weighted by atomic mass is 15.3. The fraction of sp³-hybridized carbons (Fsp3) is 0.625. The maximum Gasteiger partial charge on any atom is 0.128 e. The van der Waals surface area contributed by atoms with Crippen molar-refractivity contribution in [3.63, 3.8) is 0 Å². The van der Waals surface area contributed by atoms with Gasteiger partial charge in [-0.1, -0.05) is 6.07 Å². The molecule has 114 valence electrons. The monoisotopic (exact) mass is 287 g/mol. The topological polar surface area (TPSA) is 46.5 Å². The molecule has 0 atom stereocenters. The lowest BCUT2D eigenvalue weighted by Crippen LogP contribution is -2.51. The van der Waals surface area contributed by atoms with Gasteiger partial charge < -0.3 is 9.80 Å². The zero-order chi connectivity index (χ0) is 14.7. The maximum atomic E-state index is 8.30. The van der Waals surface area contributed by atoms with Crippen LogP contribution in [0.25, 0.3) is 0 Å². The Bertz CT molecular complexity index is 487. The van der Waals surface area contributed by atoms with Gasteiger partial charge in [-0.2, -0.15) is 0 Å². The summed E-state index contributed by atoms with van der Waals surface area (Å²) in [6, 6.07) is 6.18. The molecule has 0 saturated carbocycles. The van der Waals surface area contributed by atoms with E-state index < -0.39 is 0 Å². The van der Waals surface area contributed by atoms with E-state index in [-0.39, 0.29) is 0 Å². The molecule has 2 aliphatic heterocycles. The van der Waals surface area contributed by atoms with Crippen molar-refractivity contribution in [2.24, 2.45) is 0 Å². The van der Waals surface area contributed by atoms with Crippen LogP contribution in [0, 0.1) is 12.3 Å². The Morgan fingerprint density at radius 2 is 1.81 bits per heavy atom. The molecule has 2 fully saturated rings. The maximum absolute atomic E-state index is 8.30. The van der Waals surface area contributed by atoms with Gasteiger partial charge in [-0.25, -0.2) is 4.98 Å². The molecular weight excluding hydrogens is 262 g/mol.